The average Bonchev–Trinajstić information content (AvgIpc) is 2.27. The third-order valence-electron chi connectivity index (χ3n) is 2.02. The molecular weight excluding hydrogens is 317 g/mol. The molecule has 4 heteroatoms. The molecule has 0 unspecified atom stereocenters. The number of carbonyl (C=O) groups is 1. The molecule has 0 aliphatic heterocycles. The summed E-state index contributed by atoms with van der Waals surface area (Å²) in [7, 11) is 0. The highest BCUT2D eigenvalue weighted by Crippen LogP contribution is 2.14. The molecule has 0 radical (unpaired) electrons. The van der Waals surface area contributed by atoms with Gasteiger partial charge in [-0.1, -0.05) is 19.4 Å². The summed E-state index contributed by atoms with van der Waals surface area (Å²) in [6.45, 7) is 2.91. The van der Waals surface area contributed by atoms with Gasteiger partial charge in [0.25, 0.3) is 5.91 Å². The zero-order valence-electron chi connectivity index (χ0n) is 9.33. The van der Waals surface area contributed by atoms with Crippen molar-refractivity contribution in [3.63, 3.8) is 0 Å². The molecular formula is C12H16INO2. The average molecular weight is 333 g/mol. The van der Waals surface area contributed by atoms with E-state index in [9.17, 15) is 4.79 Å². The predicted octanol–water partition coefficient (Wildman–Crippen LogP) is 2.59. The molecule has 0 saturated heterocycles. The number of rotatable bonds is 6. The van der Waals surface area contributed by atoms with Gasteiger partial charge in [0.2, 0.25) is 0 Å². The standard InChI is InChI=1S/C12H16INO2/c1-2-3-7-14-12(15)9-16-11-6-4-5-10(13)8-11/h4-6,8H,2-3,7,9H2,1H3,(H,14,15). The predicted molar refractivity (Wildman–Crippen MR) is 72.6 cm³/mol. The van der Waals surface area contributed by atoms with Gasteiger partial charge in [-0.3, -0.25) is 4.79 Å². The maximum atomic E-state index is 11.3. The first-order chi connectivity index (χ1) is 7.72. The molecule has 0 fully saturated rings. The molecule has 1 amide bonds. The van der Waals surface area contributed by atoms with E-state index in [1.807, 2.05) is 24.3 Å². The minimum atomic E-state index is -0.0627. The summed E-state index contributed by atoms with van der Waals surface area (Å²) in [6, 6.07) is 7.64. The quantitative estimate of drug-likeness (QED) is 0.642. The molecule has 0 bridgehead atoms. The smallest absolute Gasteiger partial charge is 0.257 e. The fourth-order valence-electron chi connectivity index (χ4n) is 1.16. The number of ether oxygens (including phenoxy) is 1. The van der Waals surface area contributed by atoms with E-state index < -0.39 is 0 Å². The first-order valence-corrected chi connectivity index (χ1v) is 6.45. The summed E-state index contributed by atoms with van der Waals surface area (Å²) in [5.41, 5.74) is 0. The summed E-state index contributed by atoms with van der Waals surface area (Å²) in [5, 5.41) is 2.80. The highest BCUT2D eigenvalue weighted by Gasteiger charge is 2.01. The number of benzene rings is 1. The zero-order chi connectivity index (χ0) is 11.8. The Morgan fingerprint density at radius 2 is 2.31 bits per heavy atom. The summed E-state index contributed by atoms with van der Waals surface area (Å²) in [6.07, 6.45) is 2.09. The lowest BCUT2D eigenvalue weighted by Crippen LogP contribution is -2.29. The van der Waals surface area contributed by atoms with Crippen molar-refractivity contribution in [3.05, 3.63) is 27.8 Å². The summed E-state index contributed by atoms with van der Waals surface area (Å²) in [5.74, 6) is 0.671. The van der Waals surface area contributed by atoms with Crippen molar-refractivity contribution in [3.8, 4) is 5.75 Å². The second kappa shape index (κ2) is 7.49. The number of nitrogens with one attached hydrogen (secondary N) is 1. The van der Waals surface area contributed by atoms with Crippen molar-refractivity contribution < 1.29 is 9.53 Å². The van der Waals surface area contributed by atoms with Crippen LogP contribution in [0.25, 0.3) is 0 Å². The van der Waals surface area contributed by atoms with Gasteiger partial charge in [-0.15, -0.1) is 0 Å². The summed E-state index contributed by atoms with van der Waals surface area (Å²) >= 11 is 2.21. The van der Waals surface area contributed by atoms with Gasteiger partial charge in [-0.05, 0) is 47.2 Å². The van der Waals surface area contributed by atoms with E-state index in [0.717, 1.165) is 28.7 Å². The molecule has 1 aromatic carbocycles. The minimum Gasteiger partial charge on any atom is -0.484 e. The van der Waals surface area contributed by atoms with Gasteiger partial charge in [0.05, 0.1) is 0 Å². The SMILES string of the molecule is CCCCNC(=O)COc1cccc(I)c1. The Morgan fingerprint density at radius 3 is 3.00 bits per heavy atom. The molecule has 0 saturated carbocycles. The molecule has 0 atom stereocenters. The first kappa shape index (κ1) is 13.3. The second-order valence-electron chi connectivity index (χ2n) is 3.45. The van der Waals surface area contributed by atoms with Crippen molar-refractivity contribution in [2.24, 2.45) is 0 Å². The molecule has 88 valence electrons. The molecule has 16 heavy (non-hydrogen) atoms. The lowest BCUT2D eigenvalue weighted by Gasteiger charge is -2.07. The monoisotopic (exact) mass is 333 g/mol. The fraction of sp³-hybridized carbons (Fsp3) is 0.417. The maximum Gasteiger partial charge on any atom is 0.257 e. The Bertz CT molecular complexity index is 342. The number of unbranched alkanes of at least 4 members (excludes halogenated alkanes) is 1. The van der Waals surface area contributed by atoms with Crippen molar-refractivity contribution >= 4 is 28.5 Å². The number of hydrogen-bond acceptors (Lipinski definition) is 2. The van der Waals surface area contributed by atoms with Crippen LogP contribution in [-0.4, -0.2) is 19.1 Å². The summed E-state index contributed by atoms with van der Waals surface area (Å²) in [4.78, 5) is 11.3. The molecule has 0 aliphatic carbocycles. The molecule has 1 aromatic rings. The van der Waals surface area contributed by atoms with Crippen LogP contribution in [0.1, 0.15) is 19.8 Å². The topological polar surface area (TPSA) is 38.3 Å². The second-order valence-corrected chi connectivity index (χ2v) is 4.70. The molecule has 0 heterocycles. The van der Waals surface area contributed by atoms with Gasteiger partial charge in [0.15, 0.2) is 6.61 Å². The lowest BCUT2D eigenvalue weighted by molar-refractivity contribution is -0.123. The van der Waals surface area contributed by atoms with E-state index in [-0.39, 0.29) is 12.5 Å². The molecule has 0 aliphatic rings. The zero-order valence-corrected chi connectivity index (χ0v) is 11.5. The van der Waals surface area contributed by atoms with Gasteiger partial charge >= 0.3 is 0 Å². The van der Waals surface area contributed by atoms with E-state index in [2.05, 4.69) is 34.8 Å². The van der Waals surface area contributed by atoms with Gasteiger partial charge in [-0.2, -0.15) is 0 Å². The molecule has 1 rings (SSSR count). The number of carbonyl (C=O) groups excluding carboxylic acids is 1. The highest BCUT2D eigenvalue weighted by molar-refractivity contribution is 14.1. The van der Waals surface area contributed by atoms with Crippen molar-refractivity contribution in [2.75, 3.05) is 13.2 Å². The number of amides is 1. The third-order valence-corrected chi connectivity index (χ3v) is 2.69. The Balaban J connectivity index is 2.26. The van der Waals surface area contributed by atoms with Crippen LogP contribution >= 0.6 is 22.6 Å². The molecule has 1 N–H and O–H groups in total. The van der Waals surface area contributed by atoms with E-state index in [1.165, 1.54) is 0 Å². The van der Waals surface area contributed by atoms with Crippen LogP contribution in [0, 0.1) is 3.57 Å². The minimum absolute atomic E-state index is 0.0627. The molecule has 3 nitrogen and oxygen atoms in total. The Kier molecular flexibility index (Phi) is 6.22. The van der Waals surface area contributed by atoms with Crippen LogP contribution in [0.4, 0.5) is 0 Å². The van der Waals surface area contributed by atoms with E-state index >= 15 is 0 Å². The normalized spacial score (nSPS) is 9.88. The van der Waals surface area contributed by atoms with Gasteiger partial charge < -0.3 is 10.1 Å². The van der Waals surface area contributed by atoms with E-state index in [4.69, 9.17) is 4.74 Å². The maximum absolute atomic E-state index is 11.3. The number of halogens is 1. The van der Waals surface area contributed by atoms with E-state index in [0.29, 0.717) is 0 Å². The lowest BCUT2D eigenvalue weighted by atomic mass is 10.3. The Hall–Kier alpha value is -0.780. The Morgan fingerprint density at radius 1 is 1.50 bits per heavy atom. The van der Waals surface area contributed by atoms with Crippen molar-refractivity contribution in [1.82, 2.24) is 5.32 Å². The van der Waals surface area contributed by atoms with Gasteiger partial charge in [0.1, 0.15) is 5.75 Å². The van der Waals surface area contributed by atoms with Crippen LogP contribution in [-0.2, 0) is 4.79 Å². The summed E-state index contributed by atoms with van der Waals surface area (Å²) < 4.78 is 6.46. The van der Waals surface area contributed by atoms with Crippen molar-refractivity contribution in [2.45, 2.75) is 19.8 Å². The van der Waals surface area contributed by atoms with Crippen LogP contribution in [0.3, 0.4) is 0 Å². The first-order valence-electron chi connectivity index (χ1n) is 5.37. The number of hydrogen-bond donors (Lipinski definition) is 1. The van der Waals surface area contributed by atoms with Crippen molar-refractivity contribution in [1.29, 1.82) is 0 Å². The van der Waals surface area contributed by atoms with Crippen LogP contribution in [0.15, 0.2) is 24.3 Å². The van der Waals surface area contributed by atoms with Crippen LogP contribution in [0.2, 0.25) is 0 Å². The van der Waals surface area contributed by atoms with E-state index in [1.54, 1.807) is 0 Å². The largest absolute Gasteiger partial charge is 0.484 e. The molecule has 0 aromatic heterocycles. The van der Waals surface area contributed by atoms with Gasteiger partial charge in [-0.25, -0.2) is 0 Å². The van der Waals surface area contributed by atoms with Crippen LogP contribution < -0.4 is 10.1 Å². The molecule has 0 spiro atoms. The van der Waals surface area contributed by atoms with Crippen LogP contribution in [0.5, 0.6) is 5.75 Å². The highest BCUT2D eigenvalue weighted by atomic mass is 127. The van der Waals surface area contributed by atoms with Gasteiger partial charge in [0, 0.05) is 10.1 Å². The fourth-order valence-corrected chi connectivity index (χ4v) is 1.68. The Labute approximate surface area is 110 Å². The third kappa shape index (κ3) is 5.34.